The van der Waals surface area contributed by atoms with E-state index in [4.69, 9.17) is 4.98 Å². The minimum absolute atomic E-state index is 0.0457. The van der Waals surface area contributed by atoms with Crippen LogP contribution >= 0.6 is 0 Å². The molecule has 1 aliphatic heterocycles. The number of hydrogen-bond acceptors (Lipinski definition) is 4. The molecule has 2 aromatic heterocycles. The number of nitrogens with zero attached hydrogens (tertiary/aromatic N) is 4. The monoisotopic (exact) mass is 361 g/mol. The standard InChI is InChI=1S/C21H23N5O/c27-21-18-13-25(9-8-19(18)23-20(24-21)16-6-7-16)12-17-10-22-14-26(17)11-15-4-2-1-3-5-15/h1-5,10,14,16H,6-9,11-13H2,(H,23,24,27). The molecule has 3 heterocycles. The number of nitrogens with one attached hydrogen (secondary N) is 1. The number of aromatic nitrogens is 4. The highest BCUT2D eigenvalue weighted by Crippen LogP contribution is 2.37. The lowest BCUT2D eigenvalue weighted by Crippen LogP contribution is -2.36. The number of hydrogen-bond donors (Lipinski definition) is 1. The van der Waals surface area contributed by atoms with E-state index in [1.807, 2.05) is 18.6 Å². The molecule has 0 spiro atoms. The summed E-state index contributed by atoms with van der Waals surface area (Å²) in [5.41, 5.74) is 4.30. The molecule has 0 radical (unpaired) electrons. The zero-order valence-corrected chi connectivity index (χ0v) is 15.3. The Labute approximate surface area is 157 Å². The van der Waals surface area contributed by atoms with Gasteiger partial charge in [0, 0.05) is 44.7 Å². The smallest absolute Gasteiger partial charge is 0.255 e. The molecule has 0 saturated heterocycles. The number of benzene rings is 1. The maximum absolute atomic E-state index is 12.5. The highest BCUT2D eigenvalue weighted by Gasteiger charge is 2.29. The molecule has 1 N–H and O–H groups in total. The highest BCUT2D eigenvalue weighted by atomic mass is 16.1. The van der Waals surface area contributed by atoms with E-state index in [-0.39, 0.29) is 5.56 Å². The van der Waals surface area contributed by atoms with Crippen molar-refractivity contribution in [3.05, 3.63) is 81.5 Å². The Balaban J connectivity index is 1.32. The first kappa shape index (κ1) is 16.4. The predicted molar refractivity (Wildman–Crippen MR) is 102 cm³/mol. The summed E-state index contributed by atoms with van der Waals surface area (Å²) in [6.45, 7) is 3.17. The molecule has 0 unspecified atom stereocenters. The topological polar surface area (TPSA) is 66.8 Å². The van der Waals surface area contributed by atoms with Gasteiger partial charge in [-0.1, -0.05) is 30.3 Å². The van der Waals surface area contributed by atoms with Gasteiger partial charge in [0.1, 0.15) is 5.82 Å². The van der Waals surface area contributed by atoms with Gasteiger partial charge in [-0.25, -0.2) is 9.97 Å². The zero-order chi connectivity index (χ0) is 18.2. The maximum Gasteiger partial charge on any atom is 0.255 e. The van der Waals surface area contributed by atoms with Crippen molar-refractivity contribution in [2.24, 2.45) is 0 Å². The zero-order valence-electron chi connectivity index (χ0n) is 15.3. The van der Waals surface area contributed by atoms with Crippen LogP contribution in [0.25, 0.3) is 0 Å². The molecule has 1 aromatic carbocycles. The first-order valence-corrected chi connectivity index (χ1v) is 9.63. The second-order valence-corrected chi connectivity index (χ2v) is 7.61. The Morgan fingerprint density at radius 3 is 2.81 bits per heavy atom. The lowest BCUT2D eigenvalue weighted by Gasteiger charge is -2.28. The molecule has 0 bridgehead atoms. The van der Waals surface area contributed by atoms with Crippen molar-refractivity contribution in [1.82, 2.24) is 24.4 Å². The normalized spacial score (nSPS) is 17.0. The Hall–Kier alpha value is -2.73. The van der Waals surface area contributed by atoms with E-state index in [1.54, 1.807) is 0 Å². The van der Waals surface area contributed by atoms with Crippen molar-refractivity contribution < 1.29 is 0 Å². The summed E-state index contributed by atoms with van der Waals surface area (Å²) < 4.78 is 2.18. The summed E-state index contributed by atoms with van der Waals surface area (Å²) in [6, 6.07) is 10.4. The van der Waals surface area contributed by atoms with Gasteiger partial charge in [0.15, 0.2) is 0 Å². The van der Waals surface area contributed by atoms with Gasteiger partial charge in [-0.3, -0.25) is 9.69 Å². The SMILES string of the molecule is O=c1[nH]c(C2CC2)nc2c1CN(Cc1cncn1Cc1ccccc1)CC2. The molecule has 2 aliphatic rings. The number of rotatable bonds is 5. The molecule has 1 fully saturated rings. The maximum atomic E-state index is 12.5. The summed E-state index contributed by atoms with van der Waals surface area (Å²) in [6.07, 6.45) is 6.96. The average molecular weight is 361 g/mol. The second kappa shape index (κ2) is 6.78. The molecule has 6 nitrogen and oxygen atoms in total. The van der Waals surface area contributed by atoms with E-state index < -0.39 is 0 Å². The van der Waals surface area contributed by atoms with Crippen LogP contribution in [0.5, 0.6) is 0 Å². The van der Waals surface area contributed by atoms with E-state index in [2.05, 4.69) is 43.7 Å². The first-order valence-electron chi connectivity index (χ1n) is 9.63. The average Bonchev–Trinajstić information content (AvgIpc) is 3.45. The number of H-pyrrole nitrogens is 1. The molecular weight excluding hydrogens is 338 g/mol. The lowest BCUT2D eigenvalue weighted by atomic mass is 10.1. The summed E-state index contributed by atoms with van der Waals surface area (Å²) in [7, 11) is 0. The number of imidazole rings is 1. The van der Waals surface area contributed by atoms with Crippen LogP contribution in [-0.2, 0) is 26.1 Å². The van der Waals surface area contributed by atoms with Crippen LogP contribution in [0.3, 0.4) is 0 Å². The second-order valence-electron chi connectivity index (χ2n) is 7.61. The van der Waals surface area contributed by atoms with Crippen LogP contribution in [0.15, 0.2) is 47.7 Å². The van der Waals surface area contributed by atoms with Crippen LogP contribution < -0.4 is 5.56 Å². The summed E-state index contributed by atoms with van der Waals surface area (Å²) in [5, 5.41) is 0. The van der Waals surface area contributed by atoms with Gasteiger partial charge < -0.3 is 9.55 Å². The molecule has 1 saturated carbocycles. The van der Waals surface area contributed by atoms with E-state index in [0.29, 0.717) is 12.5 Å². The Morgan fingerprint density at radius 2 is 2.00 bits per heavy atom. The van der Waals surface area contributed by atoms with Crippen LogP contribution in [-0.4, -0.2) is 31.0 Å². The molecule has 0 amide bonds. The van der Waals surface area contributed by atoms with Crippen molar-refractivity contribution in [1.29, 1.82) is 0 Å². The van der Waals surface area contributed by atoms with E-state index in [1.165, 1.54) is 11.3 Å². The summed E-state index contributed by atoms with van der Waals surface area (Å²) in [5.74, 6) is 1.38. The van der Waals surface area contributed by atoms with Crippen molar-refractivity contribution in [2.45, 2.75) is 44.8 Å². The Bertz CT molecular complexity index is 1000. The van der Waals surface area contributed by atoms with Gasteiger partial charge in [0.05, 0.1) is 23.3 Å². The number of fused-ring (bicyclic) bond motifs is 1. The minimum atomic E-state index is 0.0457. The minimum Gasteiger partial charge on any atom is -0.329 e. The fourth-order valence-corrected chi connectivity index (χ4v) is 3.82. The molecular formula is C21H23N5O. The fraction of sp³-hybridized carbons (Fsp3) is 0.381. The Kier molecular flexibility index (Phi) is 4.13. The summed E-state index contributed by atoms with van der Waals surface area (Å²) >= 11 is 0. The first-order chi connectivity index (χ1) is 13.3. The molecule has 138 valence electrons. The third kappa shape index (κ3) is 3.45. The van der Waals surface area contributed by atoms with Crippen LogP contribution in [0.2, 0.25) is 0 Å². The molecule has 0 atom stereocenters. The molecule has 5 rings (SSSR count). The van der Waals surface area contributed by atoms with Gasteiger partial charge >= 0.3 is 0 Å². The summed E-state index contributed by atoms with van der Waals surface area (Å²) in [4.78, 5) is 26.9. The van der Waals surface area contributed by atoms with Gasteiger partial charge in [-0.15, -0.1) is 0 Å². The van der Waals surface area contributed by atoms with E-state index >= 15 is 0 Å². The highest BCUT2D eigenvalue weighted by molar-refractivity contribution is 5.23. The fourth-order valence-electron chi connectivity index (χ4n) is 3.82. The van der Waals surface area contributed by atoms with Gasteiger partial charge in [0.2, 0.25) is 0 Å². The lowest BCUT2D eigenvalue weighted by molar-refractivity contribution is 0.235. The van der Waals surface area contributed by atoms with Gasteiger partial charge in [-0.2, -0.15) is 0 Å². The van der Waals surface area contributed by atoms with E-state index in [0.717, 1.165) is 56.0 Å². The molecule has 6 heteroatoms. The Morgan fingerprint density at radius 1 is 1.15 bits per heavy atom. The third-order valence-corrected chi connectivity index (χ3v) is 5.51. The van der Waals surface area contributed by atoms with Crippen molar-refractivity contribution >= 4 is 0 Å². The van der Waals surface area contributed by atoms with Crippen molar-refractivity contribution in [3.8, 4) is 0 Å². The van der Waals surface area contributed by atoms with Gasteiger partial charge in [-0.05, 0) is 18.4 Å². The van der Waals surface area contributed by atoms with Crippen molar-refractivity contribution in [2.75, 3.05) is 6.54 Å². The molecule has 1 aliphatic carbocycles. The molecule has 27 heavy (non-hydrogen) atoms. The van der Waals surface area contributed by atoms with Crippen molar-refractivity contribution in [3.63, 3.8) is 0 Å². The quantitative estimate of drug-likeness (QED) is 0.758. The molecule has 3 aromatic rings. The van der Waals surface area contributed by atoms with E-state index in [9.17, 15) is 4.79 Å². The van der Waals surface area contributed by atoms with Gasteiger partial charge in [0.25, 0.3) is 5.56 Å². The number of aromatic amines is 1. The predicted octanol–water partition coefficient (Wildman–Crippen LogP) is 2.45. The van der Waals surface area contributed by atoms with Crippen LogP contribution in [0.4, 0.5) is 0 Å². The van der Waals surface area contributed by atoms with Crippen LogP contribution in [0, 0.1) is 0 Å². The third-order valence-electron chi connectivity index (χ3n) is 5.51. The largest absolute Gasteiger partial charge is 0.329 e. The van der Waals surface area contributed by atoms with Crippen LogP contribution in [0.1, 0.15) is 47.1 Å².